The van der Waals surface area contributed by atoms with Crippen molar-refractivity contribution in [2.45, 2.75) is 32.4 Å². The third kappa shape index (κ3) is 5.61. The number of benzene rings is 2. The first kappa shape index (κ1) is 20.9. The molecule has 0 aliphatic rings. The Kier molecular flexibility index (Phi) is 7.06. The molecule has 1 unspecified atom stereocenters. The zero-order valence-electron chi connectivity index (χ0n) is 16.9. The van der Waals surface area contributed by atoms with Gasteiger partial charge in [0.15, 0.2) is 0 Å². The first-order valence-corrected chi connectivity index (χ1v) is 9.86. The van der Waals surface area contributed by atoms with Crippen LogP contribution in [0.3, 0.4) is 0 Å². The van der Waals surface area contributed by atoms with Gasteiger partial charge in [-0.1, -0.05) is 48.0 Å². The number of fused-ring (bicyclic) bond motifs is 1. The number of hydrogen-bond donors (Lipinski definition) is 4. The highest BCUT2D eigenvalue weighted by Gasteiger charge is 2.22. The van der Waals surface area contributed by atoms with Gasteiger partial charge in [0.05, 0.1) is 12.5 Å². The summed E-state index contributed by atoms with van der Waals surface area (Å²) in [4.78, 5) is 28.3. The van der Waals surface area contributed by atoms with E-state index in [-0.39, 0.29) is 18.9 Å². The Hall–Kier alpha value is -3.79. The summed E-state index contributed by atoms with van der Waals surface area (Å²) >= 11 is 0. The molecule has 7 nitrogen and oxygen atoms in total. The Morgan fingerprint density at radius 2 is 1.97 bits per heavy atom. The number of amides is 3. The number of carbonyl (C=O) groups excluding carboxylic acids is 2. The molecule has 1 heterocycles. The quantitative estimate of drug-likeness (QED) is 0.434. The van der Waals surface area contributed by atoms with E-state index >= 15 is 0 Å². The molecule has 30 heavy (non-hydrogen) atoms. The van der Waals surface area contributed by atoms with Crippen molar-refractivity contribution in [3.63, 3.8) is 0 Å². The SMILES string of the molecule is Cc1cccc(CNC(=O)NC(Cc2c[nH]c3ccccc23)C(=O)NCCC#N)c1. The van der Waals surface area contributed by atoms with Crippen molar-refractivity contribution < 1.29 is 9.59 Å². The maximum atomic E-state index is 12.7. The highest BCUT2D eigenvalue weighted by Crippen LogP contribution is 2.19. The second-order valence-electron chi connectivity index (χ2n) is 7.13. The Morgan fingerprint density at radius 3 is 2.77 bits per heavy atom. The zero-order valence-corrected chi connectivity index (χ0v) is 16.9. The van der Waals surface area contributed by atoms with Crippen molar-refractivity contribution >= 4 is 22.8 Å². The first-order chi connectivity index (χ1) is 14.6. The van der Waals surface area contributed by atoms with Crippen molar-refractivity contribution in [1.82, 2.24) is 20.9 Å². The number of aromatic nitrogens is 1. The fourth-order valence-electron chi connectivity index (χ4n) is 3.31. The van der Waals surface area contributed by atoms with Gasteiger partial charge in [-0.05, 0) is 24.1 Å². The number of nitrogens with zero attached hydrogens (tertiary/aromatic N) is 1. The third-order valence-electron chi connectivity index (χ3n) is 4.79. The minimum absolute atomic E-state index is 0.213. The van der Waals surface area contributed by atoms with Crippen LogP contribution in [-0.2, 0) is 17.8 Å². The van der Waals surface area contributed by atoms with E-state index in [1.165, 1.54) is 0 Å². The number of nitrogens with one attached hydrogen (secondary N) is 4. The number of urea groups is 1. The average molecular weight is 403 g/mol. The van der Waals surface area contributed by atoms with Gasteiger partial charge in [-0.25, -0.2) is 4.79 Å². The molecule has 0 spiro atoms. The number of H-pyrrole nitrogens is 1. The van der Waals surface area contributed by atoms with Gasteiger partial charge in [0.25, 0.3) is 0 Å². The van der Waals surface area contributed by atoms with E-state index in [1.807, 2.05) is 67.7 Å². The summed E-state index contributed by atoms with van der Waals surface area (Å²) in [5.41, 5.74) is 4.01. The van der Waals surface area contributed by atoms with Crippen molar-refractivity contribution in [2.75, 3.05) is 6.54 Å². The molecule has 0 aliphatic carbocycles. The number of rotatable bonds is 8. The molecule has 0 bridgehead atoms. The van der Waals surface area contributed by atoms with E-state index < -0.39 is 12.1 Å². The van der Waals surface area contributed by atoms with Gasteiger partial charge in [-0.3, -0.25) is 4.79 Å². The van der Waals surface area contributed by atoms with Gasteiger partial charge >= 0.3 is 6.03 Å². The van der Waals surface area contributed by atoms with Crippen molar-refractivity contribution in [3.05, 3.63) is 71.4 Å². The number of para-hydroxylation sites is 1. The highest BCUT2D eigenvalue weighted by molar-refractivity contribution is 5.89. The van der Waals surface area contributed by atoms with Gasteiger partial charge in [-0.15, -0.1) is 0 Å². The van der Waals surface area contributed by atoms with Gasteiger partial charge < -0.3 is 20.9 Å². The molecule has 7 heteroatoms. The molecule has 4 N–H and O–H groups in total. The third-order valence-corrected chi connectivity index (χ3v) is 4.79. The van der Waals surface area contributed by atoms with E-state index in [0.29, 0.717) is 13.0 Å². The van der Waals surface area contributed by atoms with Gasteiger partial charge in [-0.2, -0.15) is 5.26 Å². The van der Waals surface area contributed by atoms with Gasteiger partial charge in [0.1, 0.15) is 6.04 Å². The lowest BCUT2D eigenvalue weighted by atomic mass is 10.0. The number of aryl methyl sites for hydroxylation is 1. The Labute approximate surface area is 175 Å². The van der Waals surface area contributed by atoms with Gasteiger partial charge in [0.2, 0.25) is 5.91 Å². The number of aromatic amines is 1. The minimum Gasteiger partial charge on any atom is -0.361 e. The molecule has 3 amide bonds. The van der Waals surface area contributed by atoms with Crippen LogP contribution in [0.25, 0.3) is 10.9 Å². The van der Waals surface area contributed by atoms with Crippen LogP contribution in [0, 0.1) is 18.3 Å². The summed E-state index contributed by atoms with van der Waals surface area (Å²) in [6, 6.07) is 16.5. The van der Waals surface area contributed by atoms with E-state index in [9.17, 15) is 9.59 Å². The lowest BCUT2D eigenvalue weighted by molar-refractivity contribution is -0.122. The van der Waals surface area contributed by atoms with E-state index in [2.05, 4.69) is 20.9 Å². The summed E-state index contributed by atoms with van der Waals surface area (Å²) < 4.78 is 0. The lowest BCUT2D eigenvalue weighted by Gasteiger charge is -2.18. The van der Waals surface area contributed by atoms with Crippen LogP contribution in [0.15, 0.2) is 54.7 Å². The molecule has 0 saturated carbocycles. The molecule has 0 radical (unpaired) electrons. The number of hydrogen-bond acceptors (Lipinski definition) is 3. The molecule has 2 aromatic carbocycles. The summed E-state index contributed by atoms with van der Waals surface area (Å²) in [6.07, 6.45) is 2.40. The molecule has 3 rings (SSSR count). The second kappa shape index (κ2) is 10.1. The zero-order chi connectivity index (χ0) is 21.3. The number of carbonyl (C=O) groups is 2. The normalized spacial score (nSPS) is 11.5. The van der Waals surface area contributed by atoms with Crippen molar-refractivity contribution in [3.8, 4) is 6.07 Å². The maximum Gasteiger partial charge on any atom is 0.315 e. The Balaban J connectivity index is 1.68. The molecule has 0 aliphatic heterocycles. The van der Waals surface area contributed by atoms with Crippen LogP contribution in [0.2, 0.25) is 0 Å². The fraction of sp³-hybridized carbons (Fsp3) is 0.261. The fourth-order valence-corrected chi connectivity index (χ4v) is 3.31. The molecule has 3 aromatic rings. The van der Waals surface area contributed by atoms with Gasteiger partial charge in [0, 0.05) is 36.6 Å². The first-order valence-electron chi connectivity index (χ1n) is 9.86. The predicted molar refractivity (Wildman–Crippen MR) is 116 cm³/mol. The molecule has 0 fully saturated rings. The summed E-state index contributed by atoms with van der Waals surface area (Å²) in [5, 5.41) is 18.0. The average Bonchev–Trinajstić information content (AvgIpc) is 3.15. The molecular formula is C23H25N5O2. The smallest absolute Gasteiger partial charge is 0.315 e. The summed E-state index contributed by atoms with van der Waals surface area (Å²) in [6.45, 7) is 2.60. The van der Waals surface area contributed by atoms with Crippen LogP contribution >= 0.6 is 0 Å². The summed E-state index contributed by atoms with van der Waals surface area (Å²) in [5.74, 6) is -0.318. The van der Waals surface area contributed by atoms with E-state index in [0.717, 1.165) is 27.6 Å². The van der Waals surface area contributed by atoms with Crippen LogP contribution in [0.1, 0.15) is 23.1 Å². The lowest BCUT2D eigenvalue weighted by Crippen LogP contribution is -2.51. The van der Waals surface area contributed by atoms with E-state index in [1.54, 1.807) is 0 Å². The second-order valence-corrected chi connectivity index (χ2v) is 7.13. The molecule has 1 atom stereocenters. The summed E-state index contributed by atoms with van der Waals surface area (Å²) in [7, 11) is 0. The topological polar surface area (TPSA) is 110 Å². The highest BCUT2D eigenvalue weighted by atomic mass is 16.2. The van der Waals surface area contributed by atoms with E-state index in [4.69, 9.17) is 5.26 Å². The largest absolute Gasteiger partial charge is 0.361 e. The van der Waals surface area contributed by atoms with Crippen LogP contribution in [-0.4, -0.2) is 29.5 Å². The Morgan fingerprint density at radius 1 is 1.13 bits per heavy atom. The molecule has 1 aromatic heterocycles. The van der Waals surface area contributed by atoms with Crippen LogP contribution in [0.5, 0.6) is 0 Å². The molecule has 0 saturated heterocycles. The van der Waals surface area contributed by atoms with Crippen LogP contribution in [0.4, 0.5) is 4.79 Å². The van der Waals surface area contributed by atoms with Crippen molar-refractivity contribution in [2.24, 2.45) is 0 Å². The number of nitriles is 1. The van der Waals surface area contributed by atoms with Crippen molar-refractivity contribution in [1.29, 1.82) is 5.26 Å². The monoisotopic (exact) mass is 403 g/mol. The molecule has 154 valence electrons. The predicted octanol–water partition coefficient (Wildman–Crippen LogP) is 2.92. The minimum atomic E-state index is -0.764. The van der Waals surface area contributed by atoms with Crippen LogP contribution < -0.4 is 16.0 Å². The molecular weight excluding hydrogens is 378 g/mol. The Bertz CT molecular complexity index is 1070. The maximum absolute atomic E-state index is 12.7. The standard InChI is InChI=1S/C23H25N5O2/c1-16-6-4-7-17(12-16)14-27-23(30)28-21(22(29)25-11-5-10-24)13-18-15-26-20-9-3-2-8-19(18)20/h2-4,6-9,12,15,21,26H,5,11,13-14H2,1H3,(H,25,29)(H2,27,28,30).